The first kappa shape index (κ1) is 13.9. The van der Waals surface area contributed by atoms with Crippen molar-refractivity contribution >= 4 is 11.8 Å². The summed E-state index contributed by atoms with van der Waals surface area (Å²) in [6, 6.07) is -0.182. The zero-order valence-electron chi connectivity index (χ0n) is 12.1. The van der Waals surface area contributed by atoms with Crippen molar-refractivity contribution in [1.82, 2.24) is 9.80 Å². The molecule has 0 spiro atoms. The van der Waals surface area contributed by atoms with Crippen LogP contribution in [0.15, 0.2) is 0 Å². The van der Waals surface area contributed by atoms with Gasteiger partial charge in [0, 0.05) is 39.3 Å². The minimum Gasteiger partial charge on any atom is -0.381 e. The highest BCUT2D eigenvalue weighted by atomic mass is 16.5. The van der Waals surface area contributed by atoms with Crippen molar-refractivity contribution in [2.24, 2.45) is 5.92 Å². The first-order chi connectivity index (χ1) is 9.75. The molecule has 20 heavy (non-hydrogen) atoms. The lowest BCUT2D eigenvalue weighted by molar-refractivity contribution is -0.143. The zero-order valence-corrected chi connectivity index (χ0v) is 12.1. The van der Waals surface area contributed by atoms with Crippen LogP contribution in [0.3, 0.4) is 0 Å². The monoisotopic (exact) mass is 280 g/mol. The molecule has 3 fully saturated rings. The molecule has 0 N–H and O–H groups in total. The lowest BCUT2D eigenvalue weighted by atomic mass is 9.98. The summed E-state index contributed by atoms with van der Waals surface area (Å²) in [7, 11) is 0. The van der Waals surface area contributed by atoms with E-state index in [4.69, 9.17) is 4.74 Å². The van der Waals surface area contributed by atoms with Gasteiger partial charge in [0.15, 0.2) is 0 Å². The maximum atomic E-state index is 12.7. The summed E-state index contributed by atoms with van der Waals surface area (Å²) in [5.41, 5.74) is 0. The Hall–Kier alpha value is -1.10. The molecule has 3 aliphatic heterocycles. The molecule has 3 heterocycles. The number of rotatable bonds is 2. The van der Waals surface area contributed by atoms with Crippen LogP contribution in [0, 0.1) is 5.92 Å². The molecule has 0 aliphatic carbocycles. The van der Waals surface area contributed by atoms with Crippen LogP contribution in [0.5, 0.6) is 0 Å². The van der Waals surface area contributed by atoms with Gasteiger partial charge in [0.1, 0.15) is 6.04 Å². The van der Waals surface area contributed by atoms with Crippen LogP contribution in [0.4, 0.5) is 0 Å². The molecule has 2 amide bonds. The van der Waals surface area contributed by atoms with Gasteiger partial charge in [0.2, 0.25) is 11.8 Å². The Morgan fingerprint density at radius 3 is 2.65 bits per heavy atom. The van der Waals surface area contributed by atoms with Gasteiger partial charge in [-0.25, -0.2) is 0 Å². The van der Waals surface area contributed by atoms with Crippen molar-refractivity contribution in [3.8, 4) is 0 Å². The van der Waals surface area contributed by atoms with E-state index in [1.165, 1.54) is 0 Å². The van der Waals surface area contributed by atoms with Gasteiger partial charge in [0.05, 0.1) is 0 Å². The lowest BCUT2D eigenvalue weighted by Crippen LogP contribution is -2.50. The van der Waals surface area contributed by atoms with Crippen molar-refractivity contribution in [1.29, 1.82) is 0 Å². The van der Waals surface area contributed by atoms with E-state index in [1.807, 2.05) is 9.80 Å². The number of carbonyl (C=O) groups excluding carboxylic acids is 2. The van der Waals surface area contributed by atoms with E-state index in [2.05, 4.69) is 0 Å². The summed E-state index contributed by atoms with van der Waals surface area (Å²) >= 11 is 0. The normalized spacial score (nSPS) is 29.3. The van der Waals surface area contributed by atoms with Crippen LogP contribution >= 0.6 is 0 Å². The minimum absolute atomic E-state index is 0.164. The molecule has 0 aromatic carbocycles. The predicted octanol–water partition coefficient (Wildman–Crippen LogP) is 1.03. The van der Waals surface area contributed by atoms with Crippen LogP contribution in [-0.2, 0) is 14.3 Å². The van der Waals surface area contributed by atoms with Gasteiger partial charge in [0.25, 0.3) is 0 Å². The molecular formula is C15H24N2O3. The lowest BCUT2D eigenvalue weighted by Gasteiger charge is -2.35. The molecule has 1 unspecified atom stereocenters. The van der Waals surface area contributed by atoms with E-state index in [0.717, 1.165) is 58.4 Å². The quantitative estimate of drug-likeness (QED) is 0.759. The van der Waals surface area contributed by atoms with Crippen LogP contribution < -0.4 is 0 Å². The molecular weight excluding hydrogens is 256 g/mol. The fourth-order valence-corrected chi connectivity index (χ4v) is 3.60. The smallest absolute Gasteiger partial charge is 0.245 e. The van der Waals surface area contributed by atoms with Crippen LogP contribution in [0.2, 0.25) is 0 Å². The van der Waals surface area contributed by atoms with Crippen molar-refractivity contribution in [2.75, 3.05) is 32.8 Å². The number of carbonyl (C=O) groups is 2. The number of nitrogens with zero attached hydrogens (tertiary/aromatic N) is 2. The summed E-state index contributed by atoms with van der Waals surface area (Å²) in [5.74, 6) is 0.887. The van der Waals surface area contributed by atoms with Crippen LogP contribution in [-0.4, -0.2) is 60.5 Å². The van der Waals surface area contributed by atoms with Gasteiger partial charge in [-0.05, 0) is 38.0 Å². The van der Waals surface area contributed by atoms with E-state index >= 15 is 0 Å². The summed E-state index contributed by atoms with van der Waals surface area (Å²) in [5, 5.41) is 0. The molecule has 3 saturated heterocycles. The molecule has 112 valence electrons. The highest BCUT2D eigenvalue weighted by molar-refractivity contribution is 5.90. The number of hydrogen-bond acceptors (Lipinski definition) is 3. The third-order valence-corrected chi connectivity index (χ3v) is 4.83. The predicted molar refractivity (Wildman–Crippen MR) is 74.1 cm³/mol. The first-order valence-corrected chi connectivity index (χ1v) is 7.91. The summed E-state index contributed by atoms with van der Waals surface area (Å²) in [6.07, 6.45) is 5.50. The second-order valence-corrected chi connectivity index (χ2v) is 6.19. The number of piperidine rings is 1. The van der Waals surface area contributed by atoms with Gasteiger partial charge in [-0.15, -0.1) is 0 Å². The molecule has 0 radical (unpaired) electrons. The van der Waals surface area contributed by atoms with Gasteiger partial charge < -0.3 is 14.5 Å². The fourth-order valence-electron chi connectivity index (χ4n) is 3.60. The molecule has 0 bridgehead atoms. The Morgan fingerprint density at radius 2 is 1.85 bits per heavy atom. The minimum atomic E-state index is -0.182. The van der Waals surface area contributed by atoms with E-state index in [1.54, 1.807) is 0 Å². The first-order valence-electron chi connectivity index (χ1n) is 7.91. The van der Waals surface area contributed by atoms with Gasteiger partial charge in [-0.2, -0.15) is 0 Å². The van der Waals surface area contributed by atoms with E-state index in [-0.39, 0.29) is 17.9 Å². The molecule has 3 rings (SSSR count). The fraction of sp³-hybridized carbons (Fsp3) is 0.867. The number of ether oxygens (including phenoxy) is 1. The second-order valence-electron chi connectivity index (χ2n) is 6.19. The largest absolute Gasteiger partial charge is 0.381 e. The van der Waals surface area contributed by atoms with Crippen molar-refractivity contribution in [3.63, 3.8) is 0 Å². The maximum Gasteiger partial charge on any atom is 0.245 e. The zero-order chi connectivity index (χ0) is 13.9. The third-order valence-electron chi connectivity index (χ3n) is 4.83. The van der Waals surface area contributed by atoms with Crippen molar-refractivity contribution in [3.05, 3.63) is 0 Å². The van der Waals surface area contributed by atoms with Gasteiger partial charge >= 0.3 is 0 Å². The van der Waals surface area contributed by atoms with Crippen LogP contribution in [0.25, 0.3) is 0 Å². The Labute approximate surface area is 120 Å². The summed E-state index contributed by atoms with van der Waals surface area (Å²) in [6.45, 7) is 3.78. The van der Waals surface area contributed by atoms with Crippen molar-refractivity contribution in [2.45, 2.75) is 44.6 Å². The number of fused-ring (bicyclic) bond motifs is 1. The Kier molecular flexibility index (Phi) is 4.24. The van der Waals surface area contributed by atoms with E-state index in [9.17, 15) is 9.59 Å². The Balaban J connectivity index is 1.68. The average molecular weight is 280 g/mol. The molecule has 3 aliphatic rings. The Bertz CT molecular complexity index is 379. The molecule has 0 saturated carbocycles. The topological polar surface area (TPSA) is 49.9 Å². The molecule has 0 aromatic rings. The van der Waals surface area contributed by atoms with Gasteiger partial charge in [-0.3, -0.25) is 9.59 Å². The highest BCUT2D eigenvalue weighted by Gasteiger charge is 2.38. The molecule has 5 heteroatoms. The summed E-state index contributed by atoms with van der Waals surface area (Å²) in [4.78, 5) is 28.6. The molecule has 0 aromatic heterocycles. The van der Waals surface area contributed by atoms with Crippen LogP contribution in [0.1, 0.15) is 38.5 Å². The second kappa shape index (κ2) is 6.12. The van der Waals surface area contributed by atoms with E-state index in [0.29, 0.717) is 18.9 Å². The number of hydrogen-bond donors (Lipinski definition) is 0. The SMILES string of the molecule is O=C1C2CCCCN2C(=O)CCN1CC1CCOCC1. The number of amides is 2. The van der Waals surface area contributed by atoms with E-state index < -0.39 is 0 Å². The third kappa shape index (κ3) is 2.82. The molecule has 1 atom stereocenters. The van der Waals surface area contributed by atoms with Crippen molar-refractivity contribution < 1.29 is 14.3 Å². The maximum absolute atomic E-state index is 12.7. The average Bonchev–Trinajstić information content (AvgIpc) is 2.61. The standard InChI is InChI=1S/C15H24N2O3/c18-14-4-8-16(11-12-5-9-20-10-6-12)15(19)13-3-1-2-7-17(13)14/h12-13H,1-11H2. The van der Waals surface area contributed by atoms with Gasteiger partial charge in [-0.1, -0.05) is 0 Å². The highest BCUT2D eigenvalue weighted by Crippen LogP contribution is 2.25. The Morgan fingerprint density at radius 1 is 1.05 bits per heavy atom. The summed E-state index contributed by atoms with van der Waals surface area (Å²) < 4.78 is 5.38. The molecule has 5 nitrogen and oxygen atoms in total.